The number of esters is 1. The average molecular weight is 397 g/mol. The van der Waals surface area contributed by atoms with Crippen LogP contribution in [0.5, 0.6) is 0 Å². The Morgan fingerprint density at radius 3 is 2.61 bits per heavy atom. The minimum Gasteiger partial charge on any atom is -0.506 e. The van der Waals surface area contributed by atoms with Gasteiger partial charge in [0.05, 0.1) is 11.5 Å². The number of furan rings is 1. The van der Waals surface area contributed by atoms with Gasteiger partial charge in [0.25, 0.3) is 5.91 Å². The molecular weight excluding hydrogens is 378 g/mol. The summed E-state index contributed by atoms with van der Waals surface area (Å²) < 4.78 is 10.5. The fourth-order valence-corrected chi connectivity index (χ4v) is 3.61. The van der Waals surface area contributed by atoms with Crippen LogP contribution in [0.2, 0.25) is 0 Å². The summed E-state index contributed by atoms with van der Waals surface area (Å²) >= 11 is 1.02. The van der Waals surface area contributed by atoms with E-state index in [2.05, 4.69) is 4.99 Å². The fourth-order valence-electron chi connectivity index (χ4n) is 2.62. The van der Waals surface area contributed by atoms with E-state index in [1.165, 1.54) is 0 Å². The molecule has 1 N–H and O–H groups in total. The van der Waals surface area contributed by atoms with Gasteiger partial charge >= 0.3 is 5.97 Å². The van der Waals surface area contributed by atoms with Gasteiger partial charge in [-0.15, -0.1) is 0 Å². The molecule has 0 spiro atoms. The summed E-state index contributed by atoms with van der Waals surface area (Å²) in [6, 6.07) is 10.6. The van der Waals surface area contributed by atoms with Crippen molar-refractivity contribution >= 4 is 34.8 Å². The van der Waals surface area contributed by atoms with Gasteiger partial charge in [-0.1, -0.05) is 30.0 Å². The maximum Gasteiger partial charge on any atom is 0.344 e. The van der Waals surface area contributed by atoms with Crippen molar-refractivity contribution in [2.45, 2.75) is 20.8 Å². The Morgan fingerprint density at radius 2 is 1.96 bits per heavy atom. The number of hydrogen-bond donors (Lipinski definition) is 1. The van der Waals surface area contributed by atoms with Crippen molar-refractivity contribution in [2.24, 2.45) is 4.99 Å². The first-order valence-corrected chi connectivity index (χ1v) is 9.48. The van der Waals surface area contributed by atoms with Gasteiger partial charge in [0, 0.05) is 5.56 Å². The predicted octanol–water partition coefficient (Wildman–Crippen LogP) is 4.60. The molecule has 1 aromatic heterocycles. The maximum absolute atomic E-state index is 12.6. The zero-order chi connectivity index (χ0) is 20.3. The van der Waals surface area contributed by atoms with Crippen molar-refractivity contribution < 1.29 is 23.8 Å². The molecular formula is C21H19NO5S. The van der Waals surface area contributed by atoms with Gasteiger partial charge in [-0.05, 0) is 50.6 Å². The van der Waals surface area contributed by atoms with Crippen LogP contribution >= 0.6 is 11.8 Å². The van der Waals surface area contributed by atoms with E-state index in [9.17, 15) is 14.7 Å². The molecule has 0 bridgehead atoms. The molecule has 2 heterocycles. The highest BCUT2D eigenvalue weighted by atomic mass is 32.2. The molecule has 144 valence electrons. The van der Waals surface area contributed by atoms with Crippen LogP contribution in [0.15, 0.2) is 62.0 Å². The standard InChI is InChI=1S/C21H19NO5S/c1-4-26-21(25)17-18(23)16(11-14-10-9-13(3)27-14)28-20(17)22-19(24)15-8-6-5-7-12(15)2/h5-11,23H,4H2,1-3H3/b16-11-,22-20?. The number of thioether (sulfide) groups is 1. The highest BCUT2D eigenvalue weighted by Gasteiger charge is 2.34. The number of nitrogens with zero attached hydrogens (tertiary/aromatic N) is 1. The molecule has 28 heavy (non-hydrogen) atoms. The third-order valence-electron chi connectivity index (χ3n) is 3.98. The number of benzene rings is 1. The first-order valence-electron chi connectivity index (χ1n) is 8.66. The molecule has 0 fully saturated rings. The summed E-state index contributed by atoms with van der Waals surface area (Å²) in [5.74, 6) is -0.282. The van der Waals surface area contributed by atoms with Crippen molar-refractivity contribution in [1.82, 2.24) is 0 Å². The van der Waals surface area contributed by atoms with Gasteiger partial charge in [-0.2, -0.15) is 0 Å². The van der Waals surface area contributed by atoms with Gasteiger partial charge < -0.3 is 14.3 Å². The molecule has 1 aliphatic rings. The number of rotatable bonds is 4. The smallest absolute Gasteiger partial charge is 0.344 e. The van der Waals surface area contributed by atoms with Gasteiger partial charge in [0.2, 0.25) is 0 Å². The van der Waals surface area contributed by atoms with Crippen LogP contribution in [0.3, 0.4) is 0 Å². The molecule has 3 rings (SSSR count). The van der Waals surface area contributed by atoms with E-state index in [-0.39, 0.29) is 23.0 Å². The van der Waals surface area contributed by atoms with Crippen molar-refractivity contribution in [3.05, 3.63) is 75.3 Å². The van der Waals surface area contributed by atoms with E-state index in [0.29, 0.717) is 22.0 Å². The number of carbonyl (C=O) groups is 2. The Hall–Kier alpha value is -3.06. The molecule has 0 saturated heterocycles. The SMILES string of the molecule is CCOC(=O)C1=C(O)/C(=C/c2ccc(C)o2)SC1=NC(=O)c1ccccc1C. The van der Waals surface area contributed by atoms with Crippen LogP contribution in [0.25, 0.3) is 6.08 Å². The molecule has 0 saturated carbocycles. The summed E-state index contributed by atoms with van der Waals surface area (Å²) in [6.07, 6.45) is 1.59. The summed E-state index contributed by atoms with van der Waals surface area (Å²) in [7, 11) is 0. The number of hydrogen-bond acceptors (Lipinski definition) is 6. The number of aliphatic hydroxyl groups excluding tert-OH is 1. The molecule has 2 aromatic rings. The molecule has 7 heteroatoms. The molecule has 1 aromatic carbocycles. The lowest BCUT2D eigenvalue weighted by atomic mass is 10.1. The largest absolute Gasteiger partial charge is 0.506 e. The Balaban J connectivity index is 2.02. The minimum atomic E-state index is -0.733. The second-order valence-corrected chi connectivity index (χ2v) is 7.07. The quantitative estimate of drug-likeness (QED) is 0.759. The van der Waals surface area contributed by atoms with Crippen LogP contribution in [0, 0.1) is 13.8 Å². The molecule has 0 atom stereocenters. The van der Waals surface area contributed by atoms with Gasteiger partial charge in [-0.3, -0.25) is 4.79 Å². The van der Waals surface area contributed by atoms with E-state index in [4.69, 9.17) is 9.15 Å². The number of amides is 1. The highest BCUT2D eigenvalue weighted by Crippen LogP contribution is 2.39. The van der Waals surface area contributed by atoms with E-state index >= 15 is 0 Å². The van der Waals surface area contributed by atoms with Crippen LogP contribution < -0.4 is 0 Å². The first-order chi connectivity index (χ1) is 13.4. The second-order valence-electron chi connectivity index (χ2n) is 6.04. The van der Waals surface area contributed by atoms with Crippen LogP contribution in [-0.4, -0.2) is 28.6 Å². The number of aliphatic hydroxyl groups is 1. The van der Waals surface area contributed by atoms with Gasteiger partial charge in [-0.25, -0.2) is 9.79 Å². The monoisotopic (exact) mass is 397 g/mol. The number of carbonyl (C=O) groups excluding carboxylic acids is 2. The Morgan fingerprint density at radius 1 is 1.21 bits per heavy atom. The van der Waals surface area contributed by atoms with Crippen molar-refractivity contribution in [1.29, 1.82) is 0 Å². The average Bonchev–Trinajstić information content (AvgIpc) is 3.19. The van der Waals surface area contributed by atoms with Crippen LogP contribution in [-0.2, 0) is 9.53 Å². The summed E-state index contributed by atoms with van der Waals surface area (Å²) in [6.45, 7) is 5.40. The Bertz CT molecular complexity index is 1030. The van der Waals surface area contributed by atoms with Gasteiger partial charge in [0.1, 0.15) is 27.9 Å². The van der Waals surface area contributed by atoms with E-state index < -0.39 is 11.9 Å². The molecule has 6 nitrogen and oxygen atoms in total. The first kappa shape index (κ1) is 19.7. The Labute approximate surface area is 166 Å². The number of aryl methyl sites for hydroxylation is 2. The molecule has 1 aliphatic heterocycles. The van der Waals surface area contributed by atoms with Crippen molar-refractivity contribution in [3.63, 3.8) is 0 Å². The molecule has 1 amide bonds. The lowest BCUT2D eigenvalue weighted by molar-refractivity contribution is -0.138. The van der Waals surface area contributed by atoms with E-state index in [0.717, 1.165) is 17.3 Å². The molecule has 0 unspecified atom stereocenters. The highest BCUT2D eigenvalue weighted by molar-refractivity contribution is 8.18. The van der Waals surface area contributed by atoms with Crippen molar-refractivity contribution in [3.8, 4) is 0 Å². The summed E-state index contributed by atoms with van der Waals surface area (Å²) in [5, 5.41) is 10.7. The van der Waals surface area contributed by atoms with E-state index in [1.54, 1.807) is 57.2 Å². The minimum absolute atomic E-state index is 0.0960. The molecule has 0 radical (unpaired) electrons. The summed E-state index contributed by atoms with van der Waals surface area (Å²) in [5.41, 5.74) is 1.08. The Kier molecular flexibility index (Phi) is 5.84. The third-order valence-corrected chi connectivity index (χ3v) is 5.00. The zero-order valence-electron chi connectivity index (χ0n) is 15.7. The van der Waals surface area contributed by atoms with E-state index in [1.807, 2.05) is 6.07 Å². The lowest BCUT2D eigenvalue weighted by Gasteiger charge is -2.04. The van der Waals surface area contributed by atoms with Gasteiger partial charge in [0.15, 0.2) is 0 Å². The molecule has 0 aliphatic carbocycles. The third kappa shape index (κ3) is 4.09. The van der Waals surface area contributed by atoms with Crippen molar-refractivity contribution in [2.75, 3.05) is 6.61 Å². The van der Waals surface area contributed by atoms with Crippen LogP contribution in [0.4, 0.5) is 0 Å². The summed E-state index contributed by atoms with van der Waals surface area (Å²) in [4.78, 5) is 29.4. The zero-order valence-corrected chi connectivity index (χ0v) is 16.5. The second kappa shape index (κ2) is 8.31. The number of ether oxygens (including phenoxy) is 1. The topological polar surface area (TPSA) is 89.1 Å². The maximum atomic E-state index is 12.6. The lowest BCUT2D eigenvalue weighted by Crippen LogP contribution is -2.14. The fraction of sp³-hybridized carbons (Fsp3) is 0.190. The normalized spacial score (nSPS) is 16.8. The predicted molar refractivity (Wildman–Crippen MR) is 108 cm³/mol. The van der Waals surface area contributed by atoms with Crippen LogP contribution in [0.1, 0.15) is 34.4 Å². The number of aliphatic imine (C=N–C) groups is 1.